The van der Waals surface area contributed by atoms with Gasteiger partial charge >= 0.3 is 59.2 Å². The van der Waals surface area contributed by atoms with Crippen LogP contribution in [0.15, 0.2) is 0 Å². The van der Waals surface area contributed by atoms with Crippen LogP contribution in [0, 0.1) is 0 Å². The summed E-state index contributed by atoms with van der Waals surface area (Å²) in [6, 6.07) is 0. The van der Waals surface area contributed by atoms with E-state index in [0.29, 0.717) is 0 Å². The first-order valence-electron chi connectivity index (χ1n) is 0.783. The summed E-state index contributed by atoms with van der Waals surface area (Å²) in [4.78, 5) is 21.6. The van der Waals surface area contributed by atoms with Crippen molar-refractivity contribution in [3.63, 3.8) is 0 Å². The Labute approximate surface area is 121 Å². The molecule has 0 rings (SSSR count). The van der Waals surface area contributed by atoms with Crippen LogP contribution < -0.4 is 0 Å². The van der Waals surface area contributed by atoms with E-state index in [9.17, 15) is 0 Å². The molecule has 0 aliphatic rings. The number of hydrogen-bond acceptors (Lipinski definition) is 1. The van der Waals surface area contributed by atoms with Crippen molar-refractivity contribution >= 4 is 59.2 Å². The molecule has 0 amide bonds. The van der Waals surface area contributed by atoms with Crippen LogP contribution in [0.4, 0.5) is 0 Å². The van der Waals surface area contributed by atoms with Gasteiger partial charge in [0.15, 0.2) is 0 Å². The number of phosphoric acid groups is 1. The monoisotopic (exact) mass is 282 g/mol. The summed E-state index contributed by atoms with van der Waals surface area (Å²) < 4.78 is 8.88. The van der Waals surface area contributed by atoms with Crippen molar-refractivity contribution in [2.24, 2.45) is 0 Å². The van der Waals surface area contributed by atoms with Gasteiger partial charge in [0.05, 0.1) is 0 Å². The molecule has 0 spiro atoms. The molecule has 0 fully saturated rings. The second kappa shape index (κ2) is 47.2. The summed E-state index contributed by atoms with van der Waals surface area (Å²) in [5.74, 6) is 0. The molecule has 0 atom stereocenters. The predicted octanol–water partition coefficient (Wildman–Crippen LogP) is -8.17. The molecule has 12 nitrogen and oxygen atoms in total. The molecule has 0 aliphatic heterocycles. The van der Waals surface area contributed by atoms with Gasteiger partial charge in [-0.15, -0.1) is 0 Å². The molecular formula is H20KO12P. The fraction of sp³-hybridized carbons (Fsp3) is 0. The van der Waals surface area contributed by atoms with Crippen molar-refractivity contribution in [2.75, 3.05) is 0 Å². The van der Waals surface area contributed by atoms with Crippen molar-refractivity contribution in [3.8, 4) is 0 Å². The van der Waals surface area contributed by atoms with Crippen LogP contribution in [-0.2, 0) is 4.57 Å². The van der Waals surface area contributed by atoms with Crippen LogP contribution >= 0.6 is 7.82 Å². The van der Waals surface area contributed by atoms with Gasteiger partial charge in [0.25, 0.3) is 0 Å². The van der Waals surface area contributed by atoms with Gasteiger partial charge in [-0.1, -0.05) is 0 Å². The molecular weight excluding hydrogens is 262 g/mol. The van der Waals surface area contributed by atoms with Gasteiger partial charge in [-0.3, -0.25) is 0 Å². The topological polar surface area (TPSA) is 330 Å². The second-order valence-electron chi connectivity index (χ2n) is 0.513. The van der Waals surface area contributed by atoms with Crippen molar-refractivity contribution in [1.29, 1.82) is 0 Å². The molecule has 0 aliphatic carbocycles. The van der Waals surface area contributed by atoms with Gasteiger partial charge in [-0.2, -0.15) is 0 Å². The third-order valence-corrected chi connectivity index (χ3v) is 0. The Morgan fingerprint density at radius 1 is 0.571 bits per heavy atom. The molecule has 0 aromatic heterocycles. The van der Waals surface area contributed by atoms with Gasteiger partial charge in [-0.25, -0.2) is 4.57 Å². The zero-order valence-corrected chi connectivity index (χ0v) is 7.09. The minimum atomic E-state index is -4.64. The van der Waals surface area contributed by atoms with Crippen LogP contribution in [0.1, 0.15) is 0 Å². The zero-order valence-electron chi connectivity index (χ0n) is 6.20. The molecule has 0 saturated carbocycles. The fourth-order valence-electron chi connectivity index (χ4n) is 0. The van der Waals surface area contributed by atoms with E-state index < -0.39 is 7.82 Å². The quantitative estimate of drug-likeness (QED) is 0.287. The van der Waals surface area contributed by atoms with Crippen LogP contribution in [0.3, 0.4) is 0 Å². The van der Waals surface area contributed by atoms with Gasteiger partial charge in [0.1, 0.15) is 0 Å². The molecule has 0 aromatic rings. The molecule has 0 unspecified atom stereocenters. The maximum absolute atomic E-state index is 8.88. The van der Waals surface area contributed by atoms with E-state index in [4.69, 9.17) is 19.2 Å². The molecule has 0 saturated heterocycles. The van der Waals surface area contributed by atoms with E-state index >= 15 is 0 Å². The summed E-state index contributed by atoms with van der Waals surface area (Å²) in [6.45, 7) is 0. The molecule has 0 aromatic carbocycles. The first kappa shape index (κ1) is 109. The number of rotatable bonds is 0. The predicted molar refractivity (Wildman–Crippen MR) is 50.3 cm³/mol. The minimum absolute atomic E-state index is 0. The Morgan fingerprint density at radius 2 is 0.571 bits per heavy atom. The molecule has 0 bridgehead atoms. The Kier molecular flexibility index (Phi) is 367. The van der Waals surface area contributed by atoms with E-state index in [0.717, 1.165) is 0 Å². The summed E-state index contributed by atoms with van der Waals surface area (Å²) >= 11 is 0. The summed E-state index contributed by atoms with van der Waals surface area (Å²) in [6.07, 6.45) is 0. The van der Waals surface area contributed by atoms with Crippen LogP contribution in [0.2, 0.25) is 0 Å². The first-order chi connectivity index (χ1) is 2.00. The van der Waals surface area contributed by atoms with Gasteiger partial charge < -0.3 is 58.5 Å². The Hall–Kier alpha value is 1.43. The summed E-state index contributed by atoms with van der Waals surface area (Å²) in [7, 11) is -4.64. The summed E-state index contributed by atoms with van der Waals surface area (Å²) in [5, 5.41) is 0. The van der Waals surface area contributed by atoms with Crippen molar-refractivity contribution in [1.82, 2.24) is 0 Å². The Morgan fingerprint density at radius 3 is 0.571 bits per heavy atom. The molecule has 0 radical (unpaired) electrons. The Balaban J connectivity index is -0.00000000222. The average molecular weight is 282 g/mol. The van der Waals surface area contributed by atoms with E-state index in [1.54, 1.807) is 0 Å². The molecule has 0 heterocycles. The van der Waals surface area contributed by atoms with Crippen LogP contribution in [-0.4, -0.2) is 110 Å². The van der Waals surface area contributed by atoms with E-state index in [-0.39, 0.29) is 95.2 Å². The van der Waals surface area contributed by atoms with Crippen molar-refractivity contribution in [2.45, 2.75) is 0 Å². The Bertz CT molecular complexity index is 56.5. The fourth-order valence-corrected chi connectivity index (χ4v) is 0. The first-order valence-corrected chi connectivity index (χ1v) is 2.35. The van der Waals surface area contributed by atoms with E-state index in [1.807, 2.05) is 0 Å². The SMILES string of the molecule is O.O.O.O.O.O.O.O.O=P(O)(O)O.[KH]. The molecule has 98 valence electrons. The van der Waals surface area contributed by atoms with Crippen LogP contribution in [0.5, 0.6) is 0 Å². The van der Waals surface area contributed by atoms with Crippen molar-refractivity contribution in [3.05, 3.63) is 0 Å². The average Bonchev–Trinajstić information content (AvgIpc) is 0.722. The molecule has 14 heavy (non-hydrogen) atoms. The molecule has 19 N–H and O–H groups in total. The van der Waals surface area contributed by atoms with E-state index in [2.05, 4.69) is 0 Å². The number of hydrogen-bond donors (Lipinski definition) is 3. The normalized spacial score (nSPS) is 4.21. The van der Waals surface area contributed by atoms with Gasteiger partial charge in [0.2, 0.25) is 0 Å². The standard InChI is InChI=1S/K.H3O4P.8H2O.H/c;1-5(2,3)4;;;;;;;;;/h;(H3,1,2,3,4);8*1H2;. The summed E-state index contributed by atoms with van der Waals surface area (Å²) in [5.41, 5.74) is 0. The van der Waals surface area contributed by atoms with Gasteiger partial charge in [-0.05, 0) is 0 Å². The van der Waals surface area contributed by atoms with E-state index in [1.165, 1.54) is 0 Å². The second-order valence-corrected chi connectivity index (χ2v) is 1.54. The van der Waals surface area contributed by atoms with Crippen molar-refractivity contribution < 1.29 is 63.1 Å². The third-order valence-electron chi connectivity index (χ3n) is 0. The maximum atomic E-state index is 8.88. The third kappa shape index (κ3) is 1020. The molecule has 14 heteroatoms. The zero-order chi connectivity index (χ0) is 4.50. The van der Waals surface area contributed by atoms with Gasteiger partial charge in [0, 0.05) is 0 Å². The van der Waals surface area contributed by atoms with Crippen LogP contribution in [0.25, 0.3) is 0 Å².